The van der Waals surface area contributed by atoms with E-state index in [9.17, 15) is 4.79 Å². The lowest BCUT2D eigenvalue weighted by Gasteiger charge is -2.26. The maximum atomic E-state index is 10.8. The highest BCUT2D eigenvalue weighted by molar-refractivity contribution is 5.75. The molecule has 2 rings (SSSR count). The van der Waals surface area contributed by atoms with Crippen LogP contribution in [0.3, 0.4) is 0 Å². The van der Waals surface area contributed by atoms with E-state index in [4.69, 9.17) is 0 Å². The van der Waals surface area contributed by atoms with Crippen LogP contribution in [-0.4, -0.2) is 18.0 Å². The van der Waals surface area contributed by atoms with Crippen molar-refractivity contribution in [1.82, 2.24) is 10.6 Å². The summed E-state index contributed by atoms with van der Waals surface area (Å²) in [6.07, 6.45) is 4.23. The Morgan fingerprint density at radius 2 is 2.36 bits per heavy atom. The van der Waals surface area contributed by atoms with Gasteiger partial charge in [0.25, 0.3) is 0 Å². The maximum absolute atomic E-state index is 10.8. The number of carbonyl (C=O) groups is 1. The summed E-state index contributed by atoms with van der Waals surface area (Å²) in [5, 5.41) is 6.05. The van der Waals surface area contributed by atoms with E-state index in [2.05, 4.69) is 10.6 Å². The molecule has 0 unspecified atom stereocenters. The van der Waals surface area contributed by atoms with Crippen molar-refractivity contribution in [3.8, 4) is 0 Å². The second-order valence-electron chi connectivity index (χ2n) is 3.31. The van der Waals surface area contributed by atoms with Gasteiger partial charge in [-0.2, -0.15) is 0 Å². The van der Waals surface area contributed by atoms with E-state index in [1.807, 2.05) is 6.20 Å². The molecule has 0 bridgehead atoms. The molecule has 1 aliphatic carbocycles. The molecule has 1 heterocycles. The van der Waals surface area contributed by atoms with Crippen molar-refractivity contribution in [1.29, 1.82) is 0 Å². The quantitative estimate of drug-likeness (QED) is 0.591. The Labute approximate surface area is 65.9 Å². The minimum absolute atomic E-state index is 0.0666. The van der Waals surface area contributed by atoms with Crippen molar-refractivity contribution in [2.24, 2.45) is 0 Å². The van der Waals surface area contributed by atoms with E-state index in [0.717, 1.165) is 19.4 Å². The Balaban J connectivity index is 2.04. The van der Waals surface area contributed by atoms with Gasteiger partial charge in [0.15, 0.2) is 0 Å². The first kappa shape index (κ1) is 6.70. The van der Waals surface area contributed by atoms with Gasteiger partial charge in [0.2, 0.25) is 5.91 Å². The Morgan fingerprint density at radius 1 is 1.73 bits per heavy atom. The molecule has 1 saturated carbocycles. The fourth-order valence-electron chi connectivity index (χ4n) is 1.50. The molecule has 2 N–H and O–H groups in total. The van der Waals surface area contributed by atoms with E-state index >= 15 is 0 Å². The van der Waals surface area contributed by atoms with Crippen molar-refractivity contribution in [3.63, 3.8) is 0 Å². The van der Waals surface area contributed by atoms with Crippen LogP contribution < -0.4 is 10.6 Å². The van der Waals surface area contributed by atoms with Crippen LogP contribution in [0, 0.1) is 0 Å². The van der Waals surface area contributed by atoms with E-state index in [0.29, 0.717) is 0 Å². The van der Waals surface area contributed by atoms with Crippen LogP contribution >= 0.6 is 0 Å². The molecule has 3 nitrogen and oxygen atoms in total. The van der Waals surface area contributed by atoms with Crippen molar-refractivity contribution >= 4 is 5.91 Å². The largest absolute Gasteiger partial charge is 0.387 e. The minimum atomic E-state index is 0.0666. The smallest absolute Gasteiger partial charge is 0.217 e. The highest BCUT2D eigenvalue weighted by Crippen LogP contribution is 2.43. The molecule has 0 radical (unpaired) electrons. The van der Waals surface area contributed by atoms with E-state index in [1.165, 1.54) is 5.57 Å². The van der Waals surface area contributed by atoms with Gasteiger partial charge in [0.1, 0.15) is 0 Å². The third-order valence-corrected chi connectivity index (χ3v) is 2.35. The van der Waals surface area contributed by atoms with Crippen LogP contribution in [-0.2, 0) is 4.79 Å². The molecule has 60 valence electrons. The van der Waals surface area contributed by atoms with Crippen LogP contribution in [0.15, 0.2) is 11.8 Å². The average Bonchev–Trinajstić information content (AvgIpc) is 2.40. The van der Waals surface area contributed by atoms with Crippen molar-refractivity contribution < 1.29 is 4.79 Å². The highest BCUT2D eigenvalue weighted by atomic mass is 16.1. The second kappa shape index (κ2) is 2.00. The van der Waals surface area contributed by atoms with E-state index in [1.54, 1.807) is 6.92 Å². The average molecular weight is 152 g/mol. The second-order valence-corrected chi connectivity index (χ2v) is 3.31. The predicted octanol–water partition coefficient (Wildman–Crippen LogP) is 0.142. The summed E-state index contributed by atoms with van der Waals surface area (Å²) >= 11 is 0. The third-order valence-electron chi connectivity index (χ3n) is 2.35. The van der Waals surface area contributed by atoms with E-state index in [-0.39, 0.29) is 11.4 Å². The first-order valence-electron chi connectivity index (χ1n) is 3.95. The summed E-state index contributed by atoms with van der Waals surface area (Å²) in [6.45, 7) is 2.52. The monoisotopic (exact) mass is 152 g/mol. The number of amides is 1. The molecule has 0 aromatic rings. The molecule has 1 amide bonds. The van der Waals surface area contributed by atoms with Gasteiger partial charge in [-0.3, -0.25) is 4.79 Å². The summed E-state index contributed by atoms with van der Waals surface area (Å²) in [7, 11) is 0. The number of hydrogen-bond acceptors (Lipinski definition) is 2. The Kier molecular flexibility index (Phi) is 1.22. The van der Waals surface area contributed by atoms with Gasteiger partial charge in [0, 0.05) is 13.5 Å². The molecule has 0 saturated heterocycles. The predicted molar refractivity (Wildman–Crippen MR) is 41.9 cm³/mol. The zero-order valence-corrected chi connectivity index (χ0v) is 6.61. The lowest BCUT2D eigenvalue weighted by molar-refractivity contribution is -0.119. The maximum Gasteiger partial charge on any atom is 0.217 e. The lowest BCUT2D eigenvalue weighted by Crippen LogP contribution is -2.43. The standard InChI is InChI=1S/C8H12N2O/c1-6(11)10-8(2-3-8)7-4-9-5-7/h4,9H,2-3,5H2,1H3,(H,10,11). The van der Waals surface area contributed by atoms with Crippen molar-refractivity contribution in [2.75, 3.05) is 6.54 Å². The van der Waals surface area contributed by atoms with Gasteiger partial charge in [0.05, 0.1) is 5.54 Å². The molecule has 2 aliphatic rings. The van der Waals surface area contributed by atoms with Crippen molar-refractivity contribution in [2.45, 2.75) is 25.3 Å². The number of carbonyl (C=O) groups excluding carboxylic acids is 1. The molecule has 0 aromatic heterocycles. The van der Waals surface area contributed by atoms with Crippen LogP contribution in [0.1, 0.15) is 19.8 Å². The summed E-state index contributed by atoms with van der Waals surface area (Å²) in [5.41, 5.74) is 1.42. The summed E-state index contributed by atoms with van der Waals surface area (Å²) in [4.78, 5) is 10.8. The van der Waals surface area contributed by atoms with Crippen LogP contribution in [0.2, 0.25) is 0 Å². The molecule has 0 aromatic carbocycles. The minimum Gasteiger partial charge on any atom is -0.387 e. The Hall–Kier alpha value is -0.990. The zero-order chi connectivity index (χ0) is 7.90. The first-order chi connectivity index (χ1) is 5.23. The molecule has 0 atom stereocenters. The number of rotatable bonds is 2. The van der Waals surface area contributed by atoms with Gasteiger partial charge in [-0.1, -0.05) is 0 Å². The molecule has 0 spiro atoms. The zero-order valence-electron chi connectivity index (χ0n) is 6.61. The van der Waals surface area contributed by atoms with Crippen LogP contribution in [0.25, 0.3) is 0 Å². The molecule has 11 heavy (non-hydrogen) atoms. The van der Waals surface area contributed by atoms with Gasteiger partial charge >= 0.3 is 0 Å². The van der Waals surface area contributed by atoms with Gasteiger partial charge in [-0.15, -0.1) is 0 Å². The van der Waals surface area contributed by atoms with Crippen LogP contribution in [0.5, 0.6) is 0 Å². The highest BCUT2D eigenvalue weighted by Gasteiger charge is 2.47. The first-order valence-corrected chi connectivity index (χ1v) is 3.95. The fourth-order valence-corrected chi connectivity index (χ4v) is 1.50. The molecule has 3 heteroatoms. The normalized spacial score (nSPS) is 24.3. The van der Waals surface area contributed by atoms with Gasteiger partial charge in [-0.25, -0.2) is 0 Å². The van der Waals surface area contributed by atoms with Gasteiger partial charge in [-0.05, 0) is 24.6 Å². The van der Waals surface area contributed by atoms with E-state index < -0.39 is 0 Å². The van der Waals surface area contributed by atoms with Crippen LogP contribution in [0.4, 0.5) is 0 Å². The SMILES string of the molecule is CC(=O)NC1(C2=CNC2)CC1. The molecular formula is C8H12N2O. The Bertz CT molecular complexity index is 228. The molecular weight excluding hydrogens is 140 g/mol. The van der Waals surface area contributed by atoms with Gasteiger partial charge < -0.3 is 10.6 Å². The van der Waals surface area contributed by atoms with Crippen molar-refractivity contribution in [3.05, 3.63) is 11.8 Å². The summed E-state index contributed by atoms with van der Waals surface area (Å²) < 4.78 is 0. The topological polar surface area (TPSA) is 41.1 Å². The number of hydrogen-bond donors (Lipinski definition) is 2. The number of nitrogens with one attached hydrogen (secondary N) is 2. The lowest BCUT2D eigenvalue weighted by atomic mass is 10.0. The molecule has 1 aliphatic heterocycles. The third kappa shape index (κ3) is 1.00. The molecule has 1 fully saturated rings. The fraction of sp³-hybridized carbons (Fsp3) is 0.625. The summed E-state index contributed by atoms with van der Waals surface area (Å²) in [5.74, 6) is 0.0790. The Morgan fingerprint density at radius 3 is 2.64 bits per heavy atom. The summed E-state index contributed by atoms with van der Waals surface area (Å²) in [6, 6.07) is 0.